The summed E-state index contributed by atoms with van der Waals surface area (Å²) in [6, 6.07) is 10.0. The first-order chi connectivity index (χ1) is 13.7. The van der Waals surface area contributed by atoms with Gasteiger partial charge in [0.05, 0.1) is 18.4 Å². The maximum Gasteiger partial charge on any atom is 0.416 e. The molecule has 1 atom stereocenters. The van der Waals surface area contributed by atoms with Crippen LogP contribution in [-0.2, 0) is 11.3 Å². The summed E-state index contributed by atoms with van der Waals surface area (Å²) in [6.45, 7) is 7.70. The second kappa shape index (κ2) is 8.57. The summed E-state index contributed by atoms with van der Waals surface area (Å²) in [5.41, 5.74) is 0.379. The van der Waals surface area contributed by atoms with E-state index in [1.165, 1.54) is 16.7 Å². The first-order valence-electron chi connectivity index (χ1n) is 9.57. The van der Waals surface area contributed by atoms with E-state index >= 15 is 0 Å². The van der Waals surface area contributed by atoms with Crippen molar-refractivity contribution in [1.29, 1.82) is 0 Å². The van der Waals surface area contributed by atoms with Crippen molar-refractivity contribution in [1.82, 2.24) is 14.9 Å². The number of carboxylic acid groups (broad SMARTS) is 1. The van der Waals surface area contributed by atoms with Crippen molar-refractivity contribution < 1.29 is 19.4 Å². The number of hydrogen-bond acceptors (Lipinski definition) is 6. The van der Waals surface area contributed by atoms with Crippen LogP contribution in [0.5, 0.6) is 0 Å². The van der Waals surface area contributed by atoms with Crippen LogP contribution in [0.2, 0.25) is 0 Å². The standard InChI is InChI=1S/C21H26N4O4/c1-21(2,3)29-20(28)25(18-12-22-17(11-23-18)19(26)27)16-9-10-24(14-16)13-15-7-5-4-6-8-15/h4-8,11-12,16H,9-10,13-14H2,1-3H3,(H,26,27)/t16-/m1/s1. The van der Waals surface area contributed by atoms with Gasteiger partial charge in [-0.15, -0.1) is 0 Å². The Hall–Kier alpha value is -3.00. The van der Waals surface area contributed by atoms with Crippen molar-refractivity contribution in [2.75, 3.05) is 18.0 Å². The molecule has 0 spiro atoms. The lowest BCUT2D eigenvalue weighted by Crippen LogP contribution is -2.45. The van der Waals surface area contributed by atoms with Crippen LogP contribution in [0.4, 0.5) is 10.6 Å². The molecule has 8 nitrogen and oxygen atoms in total. The van der Waals surface area contributed by atoms with Crippen molar-refractivity contribution in [2.24, 2.45) is 0 Å². The van der Waals surface area contributed by atoms with Crippen LogP contribution < -0.4 is 4.90 Å². The van der Waals surface area contributed by atoms with E-state index < -0.39 is 17.7 Å². The van der Waals surface area contributed by atoms with Gasteiger partial charge >= 0.3 is 12.1 Å². The fraction of sp³-hybridized carbons (Fsp3) is 0.429. The molecule has 1 saturated heterocycles. The highest BCUT2D eigenvalue weighted by Crippen LogP contribution is 2.25. The zero-order chi connectivity index (χ0) is 21.0. The molecule has 1 fully saturated rings. The summed E-state index contributed by atoms with van der Waals surface area (Å²) in [6.07, 6.45) is 2.72. The highest BCUT2D eigenvalue weighted by atomic mass is 16.6. The van der Waals surface area contributed by atoms with Gasteiger partial charge in [0, 0.05) is 19.6 Å². The van der Waals surface area contributed by atoms with Crippen LogP contribution in [0.25, 0.3) is 0 Å². The minimum Gasteiger partial charge on any atom is -0.476 e. The van der Waals surface area contributed by atoms with Crippen LogP contribution in [0.3, 0.4) is 0 Å². The molecule has 1 amide bonds. The Morgan fingerprint density at radius 2 is 1.93 bits per heavy atom. The Bertz CT molecular complexity index is 849. The molecular weight excluding hydrogens is 372 g/mol. The molecule has 29 heavy (non-hydrogen) atoms. The topological polar surface area (TPSA) is 95.9 Å². The van der Waals surface area contributed by atoms with Gasteiger partial charge in [0.15, 0.2) is 11.5 Å². The smallest absolute Gasteiger partial charge is 0.416 e. The number of benzene rings is 1. The van der Waals surface area contributed by atoms with Crippen LogP contribution >= 0.6 is 0 Å². The number of aromatic carboxylic acids is 1. The van der Waals surface area contributed by atoms with Gasteiger partial charge < -0.3 is 9.84 Å². The summed E-state index contributed by atoms with van der Waals surface area (Å²) in [7, 11) is 0. The lowest BCUT2D eigenvalue weighted by molar-refractivity contribution is 0.0564. The van der Waals surface area contributed by atoms with Gasteiger partial charge in [-0.1, -0.05) is 30.3 Å². The predicted octanol–water partition coefficient (Wildman–Crippen LogP) is 3.19. The van der Waals surface area contributed by atoms with Gasteiger partial charge in [-0.2, -0.15) is 0 Å². The number of aromatic nitrogens is 2. The number of anilines is 1. The Morgan fingerprint density at radius 1 is 1.21 bits per heavy atom. The van der Waals surface area contributed by atoms with Crippen molar-refractivity contribution in [3.05, 3.63) is 54.0 Å². The van der Waals surface area contributed by atoms with Crippen LogP contribution in [0.1, 0.15) is 43.2 Å². The lowest BCUT2D eigenvalue weighted by atomic mass is 10.2. The van der Waals surface area contributed by atoms with Gasteiger partial charge in [-0.05, 0) is 32.8 Å². The van der Waals surface area contributed by atoms with E-state index in [-0.39, 0.29) is 17.6 Å². The maximum absolute atomic E-state index is 12.9. The number of nitrogens with zero attached hydrogens (tertiary/aromatic N) is 4. The number of hydrogen-bond donors (Lipinski definition) is 1. The number of likely N-dealkylation sites (tertiary alicyclic amines) is 1. The molecule has 2 aromatic rings. The third-order valence-corrected chi connectivity index (χ3v) is 4.56. The highest BCUT2D eigenvalue weighted by molar-refractivity contribution is 5.88. The zero-order valence-electron chi connectivity index (χ0n) is 16.9. The average molecular weight is 398 g/mol. The van der Waals surface area contributed by atoms with Crippen molar-refractivity contribution >= 4 is 17.9 Å². The number of rotatable bonds is 5. The summed E-state index contributed by atoms with van der Waals surface area (Å²) in [5.74, 6) is -0.876. The number of carbonyl (C=O) groups excluding carboxylic acids is 1. The van der Waals surface area contributed by atoms with Gasteiger partial charge in [-0.25, -0.2) is 19.6 Å². The average Bonchev–Trinajstić information content (AvgIpc) is 3.09. The molecule has 0 aliphatic carbocycles. The fourth-order valence-electron chi connectivity index (χ4n) is 3.31. The van der Waals surface area contributed by atoms with Crippen LogP contribution in [0, 0.1) is 0 Å². The van der Waals surface area contributed by atoms with Crippen LogP contribution in [0.15, 0.2) is 42.7 Å². The van der Waals surface area contributed by atoms with E-state index in [4.69, 9.17) is 9.84 Å². The van der Waals surface area contributed by atoms with Gasteiger partial charge in [0.1, 0.15) is 5.60 Å². The van der Waals surface area contributed by atoms with Crippen molar-refractivity contribution in [2.45, 2.75) is 45.4 Å². The molecule has 0 radical (unpaired) electrons. The summed E-state index contributed by atoms with van der Waals surface area (Å²) in [5, 5.41) is 9.05. The molecule has 8 heteroatoms. The number of carboxylic acids is 1. The minimum atomic E-state index is -1.16. The van der Waals surface area contributed by atoms with Crippen LogP contribution in [-0.4, -0.2) is 56.8 Å². The van der Waals surface area contributed by atoms with E-state index in [9.17, 15) is 9.59 Å². The fourth-order valence-corrected chi connectivity index (χ4v) is 3.31. The van der Waals surface area contributed by atoms with Crippen molar-refractivity contribution in [3.63, 3.8) is 0 Å². The monoisotopic (exact) mass is 398 g/mol. The van der Waals surface area contributed by atoms with E-state index in [0.29, 0.717) is 6.54 Å². The molecule has 1 N–H and O–H groups in total. The molecule has 2 heterocycles. The van der Waals surface area contributed by atoms with Gasteiger partial charge in [-0.3, -0.25) is 9.80 Å². The Balaban J connectivity index is 1.79. The summed E-state index contributed by atoms with van der Waals surface area (Å²) < 4.78 is 5.58. The molecule has 1 aromatic carbocycles. The predicted molar refractivity (Wildman–Crippen MR) is 108 cm³/mol. The largest absolute Gasteiger partial charge is 0.476 e. The third kappa shape index (κ3) is 5.51. The summed E-state index contributed by atoms with van der Waals surface area (Å²) in [4.78, 5) is 35.8. The molecular formula is C21H26N4O4. The first kappa shape index (κ1) is 20.7. The third-order valence-electron chi connectivity index (χ3n) is 4.56. The summed E-state index contributed by atoms with van der Waals surface area (Å²) >= 11 is 0. The molecule has 3 rings (SSSR count). The minimum absolute atomic E-state index is 0.140. The molecule has 1 aliphatic rings. The second-order valence-electron chi connectivity index (χ2n) is 8.08. The van der Waals surface area contributed by atoms with E-state index in [0.717, 1.165) is 25.7 Å². The van der Waals surface area contributed by atoms with E-state index in [2.05, 4.69) is 27.0 Å². The van der Waals surface area contributed by atoms with E-state index in [1.54, 1.807) is 20.8 Å². The maximum atomic E-state index is 12.9. The normalized spacial score (nSPS) is 17.1. The highest BCUT2D eigenvalue weighted by Gasteiger charge is 2.35. The number of ether oxygens (including phenoxy) is 1. The molecule has 154 valence electrons. The molecule has 1 aromatic heterocycles. The number of carbonyl (C=O) groups is 2. The SMILES string of the molecule is CC(C)(C)OC(=O)N(c1cnc(C(=O)O)cn1)[C@@H]1CCN(Cc2ccccc2)C1. The zero-order valence-corrected chi connectivity index (χ0v) is 16.9. The molecule has 0 unspecified atom stereocenters. The Kier molecular flexibility index (Phi) is 6.12. The Morgan fingerprint density at radius 3 is 2.52 bits per heavy atom. The quantitative estimate of drug-likeness (QED) is 0.826. The molecule has 0 saturated carbocycles. The van der Waals surface area contributed by atoms with Gasteiger partial charge in [0.25, 0.3) is 0 Å². The van der Waals surface area contributed by atoms with E-state index in [1.807, 2.05) is 18.2 Å². The molecule has 1 aliphatic heterocycles. The first-order valence-corrected chi connectivity index (χ1v) is 9.57. The Labute approximate surface area is 170 Å². The van der Waals surface area contributed by atoms with Crippen molar-refractivity contribution in [3.8, 4) is 0 Å². The van der Waals surface area contributed by atoms with Gasteiger partial charge in [0.2, 0.25) is 0 Å². The lowest BCUT2D eigenvalue weighted by Gasteiger charge is -2.30. The number of amides is 1. The second-order valence-corrected chi connectivity index (χ2v) is 8.08. The molecule has 0 bridgehead atoms.